The van der Waals surface area contributed by atoms with Crippen molar-refractivity contribution < 1.29 is 9.50 Å². The summed E-state index contributed by atoms with van der Waals surface area (Å²) in [7, 11) is 0. The van der Waals surface area contributed by atoms with E-state index in [4.69, 9.17) is 5.26 Å². The minimum absolute atomic E-state index is 0.0263. The summed E-state index contributed by atoms with van der Waals surface area (Å²) in [6, 6.07) is 12.4. The van der Waals surface area contributed by atoms with Crippen LogP contribution in [0.4, 0.5) is 4.39 Å². The number of phenolic OH excluding ortho intramolecular Hbond substituents is 1. The first-order chi connectivity index (χ1) is 7.69. The molecule has 0 aliphatic heterocycles. The molecule has 0 saturated heterocycles. The molecule has 0 fully saturated rings. The summed E-state index contributed by atoms with van der Waals surface area (Å²) in [5, 5.41) is 18.2. The number of aromatic hydroxyl groups is 1. The Bertz CT molecular complexity index is 555. The van der Waals surface area contributed by atoms with E-state index in [1.54, 1.807) is 18.2 Å². The highest BCUT2D eigenvalue weighted by molar-refractivity contribution is 5.67. The van der Waals surface area contributed by atoms with Crippen LogP contribution in [-0.4, -0.2) is 5.11 Å². The SMILES string of the molecule is N#Cc1cc(O)cc(-c2ccc(F)cc2)c1. The second-order valence-electron chi connectivity index (χ2n) is 3.39. The molecule has 0 radical (unpaired) electrons. The molecular formula is C13H8FNO. The van der Waals surface area contributed by atoms with Crippen molar-refractivity contribution in [2.24, 2.45) is 0 Å². The van der Waals surface area contributed by atoms with Gasteiger partial charge >= 0.3 is 0 Å². The Morgan fingerprint density at radius 2 is 1.69 bits per heavy atom. The van der Waals surface area contributed by atoms with Crippen molar-refractivity contribution in [3.05, 3.63) is 53.8 Å². The maximum atomic E-state index is 12.7. The topological polar surface area (TPSA) is 44.0 Å². The van der Waals surface area contributed by atoms with Crippen molar-refractivity contribution in [1.82, 2.24) is 0 Å². The summed E-state index contributed by atoms with van der Waals surface area (Å²) < 4.78 is 12.7. The van der Waals surface area contributed by atoms with E-state index in [2.05, 4.69) is 0 Å². The predicted molar refractivity (Wildman–Crippen MR) is 58.2 cm³/mol. The highest BCUT2D eigenvalue weighted by Gasteiger charge is 2.02. The van der Waals surface area contributed by atoms with Crippen LogP contribution in [0.3, 0.4) is 0 Å². The van der Waals surface area contributed by atoms with Crippen LogP contribution < -0.4 is 0 Å². The lowest BCUT2D eigenvalue weighted by molar-refractivity contribution is 0.475. The number of phenols is 1. The Balaban J connectivity index is 2.52. The second kappa shape index (κ2) is 4.03. The number of rotatable bonds is 1. The molecule has 0 spiro atoms. The molecule has 0 aliphatic carbocycles. The first kappa shape index (κ1) is 10.2. The van der Waals surface area contributed by atoms with Crippen molar-refractivity contribution in [1.29, 1.82) is 5.26 Å². The van der Waals surface area contributed by atoms with Crippen LogP contribution in [0, 0.1) is 17.1 Å². The quantitative estimate of drug-likeness (QED) is 0.791. The molecule has 78 valence electrons. The van der Waals surface area contributed by atoms with E-state index in [0.29, 0.717) is 11.1 Å². The van der Waals surface area contributed by atoms with Gasteiger partial charge in [-0.25, -0.2) is 4.39 Å². The number of hydrogen-bond donors (Lipinski definition) is 1. The summed E-state index contributed by atoms with van der Waals surface area (Å²) in [6.45, 7) is 0. The minimum atomic E-state index is -0.315. The molecule has 2 nitrogen and oxygen atoms in total. The lowest BCUT2D eigenvalue weighted by Gasteiger charge is -2.03. The van der Waals surface area contributed by atoms with E-state index in [9.17, 15) is 9.50 Å². The smallest absolute Gasteiger partial charge is 0.123 e. The van der Waals surface area contributed by atoms with Crippen LogP contribution in [0.1, 0.15) is 5.56 Å². The van der Waals surface area contributed by atoms with Crippen LogP contribution in [0.15, 0.2) is 42.5 Å². The Kier molecular flexibility index (Phi) is 2.57. The largest absolute Gasteiger partial charge is 0.508 e. The third-order valence-corrected chi connectivity index (χ3v) is 2.22. The number of nitriles is 1. The monoisotopic (exact) mass is 213 g/mol. The lowest BCUT2D eigenvalue weighted by Crippen LogP contribution is -1.81. The number of benzene rings is 2. The summed E-state index contributed by atoms with van der Waals surface area (Å²) in [5.41, 5.74) is 1.82. The Morgan fingerprint density at radius 1 is 1.00 bits per heavy atom. The van der Waals surface area contributed by atoms with E-state index >= 15 is 0 Å². The Morgan fingerprint density at radius 3 is 2.31 bits per heavy atom. The van der Waals surface area contributed by atoms with Crippen LogP contribution in [0.25, 0.3) is 11.1 Å². The number of halogens is 1. The second-order valence-corrected chi connectivity index (χ2v) is 3.39. The molecule has 1 N–H and O–H groups in total. The van der Waals surface area contributed by atoms with Crippen LogP contribution >= 0.6 is 0 Å². The molecule has 0 atom stereocenters. The van der Waals surface area contributed by atoms with Crippen molar-refractivity contribution >= 4 is 0 Å². The van der Waals surface area contributed by atoms with Gasteiger partial charge in [-0.1, -0.05) is 12.1 Å². The van der Waals surface area contributed by atoms with Gasteiger partial charge in [0.1, 0.15) is 11.6 Å². The van der Waals surface area contributed by atoms with Gasteiger partial charge in [-0.15, -0.1) is 0 Å². The van der Waals surface area contributed by atoms with E-state index in [1.165, 1.54) is 24.3 Å². The third kappa shape index (κ3) is 2.01. The van der Waals surface area contributed by atoms with Gasteiger partial charge in [-0.05, 0) is 41.5 Å². The fourth-order valence-corrected chi connectivity index (χ4v) is 1.48. The van der Waals surface area contributed by atoms with Crippen LogP contribution in [0.5, 0.6) is 5.75 Å². The molecule has 2 aromatic rings. The van der Waals surface area contributed by atoms with E-state index in [-0.39, 0.29) is 11.6 Å². The van der Waals surface area contributed by atoms with Crippen LogP contribution in [-0.2, 0) is 0 Å². The average Bonchev–Trinajstić information content (AvgIpc) is 2.29. The molecule has 3 heteroatoms. The van der Waals surface area contributed by atoms with E-state index < -0.39 is 0 Å². The molecule has 0 aromatic heterocycles. The van der Waals surface area contributed by atoms with E-state index in [1.807, 2.05) is 6.07 Å². The van der Waals surface area contributed by atoms with Gasteiger partial charge in [0.25, 0.3) is 0 Å². The van der Waals surface area contributed by atoms with Gasteiger partial charge in [0.15, 0.2) is 0 Å². The van der Waals surface area contributed by atoms with E-state index in [0.717, 1.165) is 5.56 Å². The maximum Gasteiger partial charge on any atom is 0.123 e. The lowest BCUT2D eigenvalue weighted by atomic mass is 10.0. The molecule has 0 bridgehead atoms. The predicted octanol–water partition coefficient (Wildman–Crippen LogP) is 3.07. The van der Waals surface area contributed by atoms with Gasteiger partial charge in [0.2, 0.25) is 0 Å². The maximum absolute atomic E-state index is 12.7. The zero-order chi connectivity index (χ0) is 11.5. The molecule has 0 amide bonds. The molecule has 2 rings (SSSR count). The van der Waals surface area contributed by atoms with Gasteiger partial charge in [0, 0.05) is 0 Å². The number of hydrogen-bond acceptors (Lipinski definition) is 2. The summed E-state index contributed by atoms with van der Waals surface area (Å²) in [4.78, 5) is 0. The van der Waals surface area contributed by atoms with Gasteiger partial charge in [-0.3, -0.25) is 0 Å². The van der Waals surface area contributed by atoms with Gasteiger partial charge < -0.3 is 5.11 Å². The van der Waals surface area contributed by atoms with Crippen molar-refractivity contribution in [3.8, 4) is 22.9 Å². The molecule has 0 saturated carbocycles. The highest BCUT2D eigenvalue weighted by atomic mass is 19.1. The first-order valence-corrected chi connectivity index (χ1v) is 4.69. The van der Waals surface area contributed by atoms with Gasteiger partial charge in [-0.2, -0.15) is 5.26 Å². The number of nitrogens with zero attached hydrogens (tertiary/aromatic N) is 1. The summed E-state index contributed by atoms with van der Waals surface area (Å²) in [5.74, 6) is -0.289. The molecule has 0 heterocycles. The molecule has 16 heavy (non-hydrogen) atoms. The van der Waals surface area contributed by atoms with Gasteiger partial charge in [0.05, 0.1) is 11.6 Å². The standard InChI is InChI=1S/C13H8FNO/c14-12-3-1-10(2-4-12)11-5-9(8-15)6-13(16)7-11/h1-7,16H. The van der Waals surface area contributed by atoms with Crippen molar-refractivity contribution in [2.75, 3.05) is 0 Å². The Hall–Kier alpha value is -2.34. The minimum Gasteiger partial charge on any atom is -0.508 e. The van der Waals surface area contributed by atoms with Crippen LogP contribution in [0.2, 0.25) is 0 Å². The summed E-state index contributed by atoms with van der Waals surface area (Å²) in [6.07, 6.45) is 0. The Labute approximate surface area is 92.2 Å². The fraction of sp³-hybridized carbons (Fsp3) is 0. The van der Waals surface area contributed by atoms with Crippen molar-refractivity contribution in [2.45, 2.75) is 0 Å². The molecule has 2 aromatic carbocycles. The normalized spacial score (nSPS) is 9.75. The molecular weight excluding hydrogens is 205 g/mol. The zero-order valence-electron chi connectivity index (χ0n) is 8.31. The third-order valence-electron chi connectivity index (χ3n) is 2.22. The van der Waals surface area contributed by atoms with Crippen molar-refractivity contribution in [3.63, 3.8) is 0 Å². The highest BCUT2D eigenvalue weighted by Crippen LogP contribution is 2.25. The first-order valence-electron chi connectivity index (χ1n) is 4.69. The molecule has 0 unspecified atom stereocenters. The summed E-state index contributed by atoms with van der Waals surface area (Å²) >= 11 is 0. The average molecular weight is 213 g/mol. The fourth-order valence-electron chi connectivity index (χ4n) is 1.48. The zero-order valence-corrected chi connectivity index (χ0v) is 8.31. The molecule has 0 aliphatic rings.